The van der Waals surface area contributed by atoms with Crippen molar-refractivity contribution in [1.82, 2.24) is 0 Å². The van der Waals surface area contributed by atoms with Crippen LogP contribution in [0.25, 0.3) is 0 Å². The maximum atomic E-state index is 9.72. The van der Waals surface area contributed by atoms with Crippen LogP contribution in [0.5, 0.6) is 0 Å². The molecule has 0 bridgehead atoms. The summed E-state index contributed by atoms with van der Waals surface area (Å²) in [6, 6.07) is -0.761. The predicted octanol–water partition coefficient (Wildman–Crippen LogP) is 2.90. The molecule has 22 heavy (non-hydrogen) atoms. The van der Waals surface area contributed by atoms with Gasteiger partial charge in [0.15, 0.2) is 0 Å². The van der Waals surface area contributed by atoms with E-state index in [2.05, 4.69) is 19.1 Å². The standard InChI is InChI=1S/C18H37NO3/c1-2-3-4-5-6-7-8-9-10-11-12-13-14-17(21)18(22)16(19)15-20/h10-11,16-18,20-22H,2-9,12-15,19H2,1H3/b11-10-/t16-,17+,18-/m0/s1. The fraction of sp³-hybridized carbons (Fsp3) is 0.889. The van der Waals surface area contributed by atoms with Crippen LogP contribution in [-0.4, -0.2) is 40.2 Å². The van der Waals surface area contributed by atoms with Gasteiger partial charge in [-0.1, -0.05) is 57.6 Å². The fourth-order valence-electron chi connectivity index (χ4n) is 2.46. The summed E-state index contributed by atoms with van der Waals surface area (Å²) in [5.74, 6) is 0. The van der Waals surface area contributed by atoms with Gasteiger partial charge in [0.2, 0.25) is 0 Å². The number of hydrogen-bond donors (Lipinski definition) is 4. The largest absolute Gasteiger partial charge is 0.395 e. The molecule has 3 atom stereocenters. The molecule has 0 saturated heterocycles. The lowest BCUT2D eigenvalue weighted by atomic mass is 10.0. The van der Waals surface area contributed by atoms with Crippen molar-refractivity contribution in [2.24, 2.45) is 5.73 Å². The maximum absolute atomic E-state index is 9.72. The highest BCUT2D eigenvalue weighted by molar-refractivity contribution is 4.83. The first-order valence-corrected chi connectivity index (χ1v) is 9.01. The first-order chi connectivity index (χ1) is 10.6. The zero-order valence-corrected chi connectivity index (χ0v) is 14.3. The van der Waals surface area contributed by atoms with Crippen LogP contribution in [-0.2, 0) is 0 Å². The van der Waals surface area contributed by atoms with Gasteiger partial charge in [-0.3, -0.25) is 0 Å². The molecule has 0 unspecified atom stereocenters. The van der Waals surface area contributed by atoms with Gasteiger partial charge in [-0.15, -0.1) is 0 Å². The monoisotopic (exact) mass is 315 g/mol. The Morgan fingerprint density at radius 2 is 1.41 bits per heavy atom. The van der Waals surface area contributed by atoms with E-state index in [1.807, 2.05) is 0 Å². The van der Waals surface area contributed by atoms with E-state index in [-0.39, 0.29) is 6.61 Å². The van der Waals surface area contributed by atoms with Crippen molar-refractivity contribution < 1.29 is 15.3 Å². The average Bonchev–Trinajstić information content (AvgIpc) is 2.54. The van der Waals surface area contributed by atoms with Gasteiger partial charge >= 0.3 is 0 Å². The Morgan fingerprint density at radius 1 is 0.864 bits per heavy atom. The Morgan fingerprint density at radius 3 is 2.00 bits per heavy atom. The molecule has 4 heteroatoms. The summed E-state index contributed by atoms with van der Waals surface area (Å²) >= 11 is 0. The molecule has 4 nitrogen and oxygen atoms in total. The van der Waals surface area contributed by atoms with E-state index in [0.29, 0.717) is 6.42 Å². The van der Waals surface area contributed by atoms with Crippen molar-refractivity contribution in [3.63, 3.8) is 0 Å². The van der Waals surface area contributed by atoms with Crippen molar-refractivity contribution in [3.05, 3.63) is 12.2 Å². The molecular formula is C18H37NO3. The zero-order chi connectivity index (χ0) is 16.6. The second-order valence-electron chi connectivity index (χ2n) is 6.22. The SMILES string of the molecule is CCCCCCCCC/C=C\CCC[C@@H](O)[C@@H](O)[C@@H](N)CO. The molecule has 0 rings (SSSR count). The first-order valence-electron chi connectivity index (χ1n) is 9.01. The zero-order valence-electron chi connectivity index (χ0n) is 14.3. The van der Waals surface area contributed by atoms with Gasteiger partial charge in [0, 0.05) is 0 Å². The Labute approximate surface area is 136 Å². The minimum Gasteiger partial charge on any atom is -0.395 e. The molecular weight excluding hydrogens is 278 g/mol. The van der Waals surface area contributed by atoms with Gasteiger partial charge in [-0.2, -0.15) is 0 Å². The lowest BCUT2D eigenvalue weighted by Crippen LogP contribution is -2.45. The van der Waals surface area contributed by atoms with Crippen molar-refractivity contribution in [2.45, 2.75) is 95.8 Å². The van der Waals surface area contributed by atoms with E-state index in [0.717, 1.165) is 19.3 Å². The van der Waals surface area contributed by atoms with E-state index in [9.17, 15) is 10.2 Å². The van der Waals surface area contributed by atoms with Crippen LogP contribution < -0.4 is 5.73 Å². The molecule has 0 radical (unpaired) electrons. The van der Waals surface area contributed by atoms with Gasteiger partial charge < -0.3 is 21.1 Å². The third-order valence-corrected chi connectivity index (χ3v) is 4.06. The van der Waals surface area contributed by atoms with Crippen molar-refractivity contribution in [3.8, 4) is 0 Å². The second-order valence-corrected chi connectivity index (χ2v) is 6.22. The molecule has 5 N–H and O–H groups in total. The van der Waals surface area contributed by atoms with Gasteiger partial charge in [0.1, 0.15) is 0 Å². The molecule has 132 valence electrons. The first kappa shape index (κ1) is 21.6. The molecule has 0 aromatic carbocycles. The highest BCUT2D eigenvalue weighted by Crippen LogP contribution is 2.10. The average molecular weight is 315 g/mol. The lowest BCUT2D eigenvalue weighted by molar-refractivity contribution is -0.0117. The van der Waals surface area contributed by atoms with Crippen molar-refractivity contribution >= 4 is 0 Å². The fourth-order valence-corrected chi connectivity index (χ4v) is 2.46. The topological polar surface area (TPSA) is 86.7 Å². The molecule has 0 spiro atoms. The van der Waals surface area contributed by atoms with Crippen LogP contribution in [0.4, 0.5) is 0 Å². The molecule has 0 aromatic rings. The third kappa shape index (κ3) is 12.2. The Hall–Kier alpha value is -0.420. The molecule has 0 aliphatic rings. The van der Waals surface area contributed by atoms with Gasteiger partial charge in [0.05, 0.1) is 24.9 Å². The number of aliphatic hydroxyl groups excluding tert-OH is 3. The Bertz CT molecular complexity index is 259. The van der Waals surface area contributed by atoms with Gasteiger partial charge in [-0.25, -0.2) is 0 Å². The predicted molar refractivity (Wildman–Crippen MR) is 92.7 cm³/mol. The maximum Gasteiger partial charge on any atom is 0.0971 e. The van der Waals surface area contributed by atoms with E-state index in [1.165, 1.54) is 44.9 Å². The molecule has 0 heterocycles. The number of rotatable bonds is 15. The molecule has 0 aliphatic heterocycles. The Balaban J connectivity index is 3.40. The summed E-state index contributed by atoms with van der Waals surface area (Å²) in [7, 11) is 0. The number of unbranched alkanes of at least 4 members (excludes halogenated alkanes) is 8. The summed E-state index contributed by atoms with van der Waals surface area (Å²) in [6.45, 7) is 1.93. The smallest absolute Gasteiger partial charge is 0.0971 e. The molecule has 0 saturated carbocycles. The summed E-state index contributed by atoms with van der Waals surface area (Å²) in [4.78, 5) is 0. The minimum absolute atomic E-state index is 0.309. The Kier molecular flexibility index (Phi) is 15.2. The quantitative estimate of drug-likeness (QED) is 0.276. The number of hydrogen-bond acceptors (Lipinski definition) is 4. The van der Waals surface area contributed by atoms with Crippen LogP contribution in [0.15, 0.2) is 12.2 Å². The van der Waals surface area contributed by atoms with Gasteiger partial charge in [-0.05, 0) is 32.1 Å². The van der Waals surface area contributed by atoms with E-state index >= 15 is 0 Å². The number of allylic oxidation sites excluding steroid dienone is 2. The van der Waals surface area contributed by atoms with Crippen LogP contribution in [0.3, 0.4) is 0 Å². The van der Waals surface area contributed by atoms with E-state index in [4.69, 9.17) is 10.8 Å². The minimum atomic E-state index is -1.04. The van der Waals surface area contributed by atoms with Crippen LogP contribution >= 0.6 is 0 Å². The number of aliphatic hydroxyl groups is 3. The summed E-state index contributed by atoms with van der Waals surface area (Å²) in [5, 5.41) is 28.1. The molecule has 0 aliphatic carbocycles. The lowest BCUT2D eigenvalue weighted by Gasteiger charge is -2.21. The second kappa shape index (κ2) is 15.5. The summed E-state index contributed by atoms with van der Waals surface area (Å²) in [5.41, 5.74) is 5.48. The molecule has 0 amide bonds. The highest BCUT2D eigenvalue weighted by atomic mass is 16.3. The van der Waals surface area contributed by atoms with Crippen LogP contribution in [0.1, 0.15) is 77.6 Å². The number of nitrogens with two attached hydrogens (primary N) is 1. The van der Waals surface area contributed by atoms with Gasteiger partial charge in [0.25, 0.3) is 0 Å². The molecule has 0 fully saturated rings. The summed E-state index contributed by atoms with van der Waals surface area (Å²) < 4.78 is 0. The normalized spacial score (nSPS) is 16.0. The van der Waals surface area contributed by atoms with Crippen LogP contribution in [0, 0.1) is 0 Å². The third-order valence-electron chi connectivity index (χ3n) is 4.06. The highest BCUT2D eigenvalue weighted by Gasteiger charge is 2.21. The van der Waals surface area contributed by atoms with Crippen molar-refractivity contribution in [2.75, 3.05) is 6.61 Å². The molecule has 0 aromatic heterocycles. The van der Waals surface area contributed by atoms with E-state index in [1.54, 1.807) is 0 Å². The summed E-state index contributed by atoms with van der Waals surface area (Å²) in [6.07, 6.45) is 15.2. The van der Waals surface area contributed by atoms with E-state index < -0.39 is 18.2 Å². The van der Waals surface area contributed by atoms with Crippen LogP contribution in [0.2, 0.25) is 0 Å². The van der Waals surface area contributed by atoms with Crippen molar-refractivity contribution in [1.29, 1.82) is 0 Å².